The molecule has 2 atom stereocenters. The van der Waals surface area contributed by atoms with E-state index in [0.717, 1.165) is 30.6 Å². The lowest BCUT2D eigenvalue weighted by Gasteiger charge is -2.37. The third-order valence-corrected chi connectivity index (χ3v) is 7.23. The summed E-state index contributed by atoms with van der Waals surface area (Å²) in [6.07, 6.45) is 2.73. The van der Waals surface area contributed by atoms with Crippen LogP contribution in [-0.4, -0.2) is 67.2 Å². The van der Waals surface area contributed by atoms with E-state index in [0.29, 0.717) is 32.8 Å². The molecule has 0 spiro atoms. The van der Waals surface area contributed by atoms with Gasteiger partial charge in [0.25, 0.3) is 0 Å². The van der Waals surface area contributed by atoms with E-state index in [9.17, 15) is 9.59 Å². The number of ether oxygens (including phenoxy) is 2. The Morgan fingerprint density at radius 3 is 2.82 bits per heavy atom. The average Bonchev–Trinajstić information content (AvgIpc) is 3.50. The van der Waals surface area contributed by atoms with Crippen molar-refractivity contribution in [2.75, 3.05) is 39.4 Å². The van der Waals surface area contributed by atoms with E-state index in [1.165, 1.54) is 10.4 Å². The molecule has 4 rings (SSSR count). The molecule has 0 bridgehead atoms. The highest BCUT2D eigenvalue weighted by Gasteiger charge is 2.34. The van der Waals surface area contributed by atoms with Crippen LogP contribution in [0.1, 0.15) is 41.8 Å². The van der Waals surface area contributed by atoms with Gasteiger partial charge < -0.3 is 24.6 Å². The standard InChI is InChI=1S/C25H33N3O4S/c1-3-26-25(30)27(15-20-5-4-13-31-20)16-24(29)28-12-10-23-21(11-14-33-23)22(28)17-32-19-8-6-18(2)7-9-19/h6-9,11,14,20,22H,3-5,10,12-13,15-17H2,1-2H3,(H,26,30). The van der Waals surface area contributed by atoms with Gasteiger partial charge in [-0.05, 0) is 62.3 Å². The molecule has 1 fully saturated rings. The fraction of sp³-hybridized carbons (Fsp3) is 0.520. The zero-order valence-corrected chi connectivity index (χ0v) is 20.2. The van der Waals surface area contributed by atoms with Crippen LogP contribution >= 0.6 is 11.3 Å². The number of aryl methyl sites for hydroxylation is 1. The Bertz CT molecular complexity index is 939. The fourth-order valence-corrected chi connectivity index (χ4v) is 5.38. The van der Waals surface area contributed by atoms with Gasteiger partial charge in [-0.15, -0.1) is 11.3 Å². The number of amides is 3. The number of hydrogen-bond donors (Lipinski definition) is 1. The summed E-state index contributed by atoms with van der Waals surface area (Å²) >= 11 is 1.73. The smallest absolute Gasteiger partial charge is 0.317 e. The molecule has 1 aromatic heterocycles. The number of urea groups is 1. The SMILES string of the molecule is CCNC(=O)N(CC(=O)N1CCc2sccc2C1COc1ccc(C)cc1)CC1CCCO1. The first-order valence-electron chi connectivity index (χ1n) is 11.7. The maximum Gasteiger partial charge on any atom is 0.317 e. The van der Waals surface area contributed by atoms with Crippen molar-refractivity contribution in [2.45, 2.75) is 45.3 Å². The summed E-state index contributed by atoms with van der Waals surface area (Å²) in [4.78, 5) is 31.0. The molecule has 2 unspecified atom stereocenters. The number of carbonyl (C=O) groups is 2. The molecule has 1 aromatic carbocycles. The highest BCUT2D eigenvalue weighted by atomic mass is 32.1. The predicted octanol–water partition coefficient (Wildman–Crippen LogP) is 3.77. The minimum Gasteiger partial charge on any atom is -0.491 e. The highest BCUT2D eigenvalue weighted by molar-refractivity contribution is 7.10. The van der Waals surface area contributed by atoms with Crippen molar-refractivity contribution >= 4 is 23.3 Å². The van der Waals surface area contributed by atoms with Gasteiger partial charge in [-0.3, -0.25) is 4.79 Å². The van der Waals surface area contributed by atoms with Gasteiger partial charge in [-0.2, -0.15) is 0 Å². The van der Waals surface area contributed by atoms with Crippen LogP contribution in [0.25, 0.3) is 0 Å². The molecule has 3 amide bonds. The second-order valence-electron chi connectivity index (χ2n) is 8.63. The third-order valence-electron chi connectivity index (χ3n) is 6.23. The van der Waals surface area contributed by atoms with Crippen LogP contribution in [0.2, 0.25) is 0 Å². The lowest BCUT2D eigenvalue weighted by Crippen LogP contribution is -2.51. The normalized spacial score (nSPS) is 19.8. The summed E-state index contributed by atoms with van der Waals surface area (Å²) in [5, 5.41) is 4.92. The number of thiophene rings is 1. The zero-order valence-electron chi connectivity index (χ0n) is 19.4. The molecule has 0 saturated carbocycles. The summed E-state index contributed by atoms with van der Waals surface area (Å²) in [6.45, 7) is 6.62. The minimum absolute atomic E-state index is 0.00842. The van der Waals surface area contributed by atoms with Gasteiger partial charge in [-0.1, -0.05) is 17.7 Å². The van der Waals surface area contributed by atoms with Gasteiger partial charge in [0.1, 0.15) is 18.9 Å². The molecule has 3 heterocycles. The van der Waals surface area contributed by atoms with Crippen LogP contribution in [0.5, 0.6) is 5.75 Å². The van der Waals surface area contributed by atoms with E-state index in [2.05, 4.69) is 16.8 Å². The zero-order chi connectivity index (χ0) is 23.2. The molecule has 33 heavy (non-hydrogen) atoms. The number of benzene rings is 1. The molecule has 7 nitrogen and oxygen atoms in total. The molecule has 2 aromatic rings. The molecule has 178 valence electrons. The Hall–Kier alpha value is -2.58. The maximum atomic E-state index is 13.5. The van der Waals surface area contributed by atoms with E-state index in [1.807, 2.05) is 43.0 Å². The van der Waals surface area contributed by atoms with E-state index in [1.54, 1.807) is 16.2 Å². The molecule has 1 N–H and O–H groups in total. The van der Waals surface area contributed by atoms with Crippen molar-refractivity contribution in [3.8, 4) is 5.75 Å². The van der Waals surface area contributed by atoms with Crippen molar-refractivity contribution in [3.05, 3.63) is 51.7 Å². The third kappa shape index (κ3) is 5.86. The van der Waals surface area contributed by atoms with Crippen molar-refractivity contribution < 1.29 is 19.1 Å². The first kappa shape index (κ1) is 23.6. The van der Waals surface area contributed by atoms with Crippen LogP contribution in [-0.2, 0) is 16.0 Å². The van der Waals surface area contributed by atoms with Gasteiger partial charge >= 0.3 is 6.03 Å². The van der Waals surface area contributed by atoms with E-state index >= 15 is 0 Å². The second-order valence-corrected chi connectivity index (χ2v) is 9.63. The number of fused-ring (bicyclic) bond motifs is 1. The number of carbonyl (C=O) groups excluding carboxylic acids is 2. The van der Waals surface area contributed by atoms with Crippen molar-refractivity contribution in [2.24, 2.45) is 0 Å². The lowest BCUT2D eigenvalue weighted by atomic mass is 10.0. The summed E-state index contributed by atoms with van der Waals surface area (Å²) < 4.78 is 11.8. The average molecular weight is 472 g/mol. The summed E-state index contributed by atoms with van der Waals surface area (Å²) in [5.74, 6) is 0.728. The van der Waals surface area contributed by atoms with Crippen molar-refractivity contribution in [1.29, 1.82) is 0 Å². The monoisotopic (exact) mass is 471 g/mol. The molecule has 2 aliphatic heterocycles. The Morgan fingerprint density at radius 2 is 2.09 bits per heavy atom. The predicted molar refractivity (Wildman–Crippen MR) is 129 cm³/mol. The Labute approximate surface area is 199 Å². The quantitative estimate of drug-likeness (QED) is 0.636. The minimum atomic E-state index is -0.220. The molecule has 2 aliphatic rings. The lowest BCUT2D eigenvalue weighted by molar-refractivity contribution is -0.135. The first-order chi connectivity index (χ1) is 16.0. The molecule has 0 aliphatic carbocycles. The van der Waals surface area contributed by atoms with Crippen LogP contribution in [0.4, 0.5) is 4.79 Å². The molecule has 1 saturated heterocycles. The maximum absolute atomic E-state index is 13.5. The van der Waals surface area contributed by atoms with E-state index < -0.39 is 0 Å². The van der Waals surface area contributed by atoms with Gasteiger partial charge in [0.2, 0.25) is 5.91 Å². The topological polar surface area (TPSA) is 71.1 Å². The summed E-state index contributed by atoms with van der Waals surface area (Å²) in [6, 6.07) is 9.65. The highest BCUT2D eigenvalue weighted by Crippen LogP contribution is 2.34. The summed E-state index contributed by atoms with van der Waals surface area (Å²) in [7, 11) is 0. The van der Waals surface area contributed by atoms with E-state index in [4.69, 9.17) is 9.47 Å². The second kappa shape index (κ2) is 11.0. The fourth-order valence-electron chi connectivity index (χ4n) is 4.45. The Morgan fingerprint density at radius 1 is 1.27 bits per heavy atom. The van der Waals surface area contributed by atoms with Gasteiger partial charge in [0, 0.05) is 31.1 Å². The van der Waals surface area contributed by atoms with Crippen LogP contribution < -0.4 is 10.1 Å². The van der Waals surface area contributed by atoms with Crippen LogP contribution in [0.15, 0.2) is 35.7 Å². The molecular weight excluding hydrogens is 438 g/mol. The number of nitrogens with zero attached hydrogens (tertiary/aromatic N) is 2. The van der Waals surface area contributed by atoms with Crippen molar-refractivity contribution in [3.63, 3.8) is 0 Å². The Balaban J connectivity index is 1.48. The van der Waals surface area contributed by atoms with Crippen LogP contribution in [0, 0.1) is 6.92 Å². The van der Waals surface area contributed by atoms with Crippen LogP contribution in [0.3, 0.4) is 0 Å². The van der Waals surface area contributed by atoms with Gasteiger partial charge in [-0.25, -0.2) is 4.79 Å². The number of hydrogen-bond acceptors (Lipinski definition) is 5. The molecule has 8 heteroatoms. The molecule has 0 radical (unpaired) electrons. The largest absolute Gasteiger partial charge is 0.491 e. The first-order valence-corrected chi connectivity index (χ1v) is 12.6. The van der Waals surface area contributed by atoms with E-state index in [-0.39, 0.29) is 30.6 Å². The van der Waals surface area contributed by atoms with Crippen molar-refractivity contribution in [1.82, 2.24) is 15.1 Å². The number of rotatable bonds is 8. The number of nitrogens with one attached hydrogen (secondary N) is 1. The summed E-state index contributed by atoms with van der Waals surface area (Å²) in [5.41, 5.74) is 2.32. The van der Waals surface area contributed by atoms with Gasteiger partial charge in [0.05, 0.1) is 12.1 Å². The Kier molecular flexibility index (Phi) is 7.88. The van der Waals surface area contributed by atoms with Gasteiger partial charge in [0.15, 0.2) is 0 Å². The molecular formula is C25H33N3O4S.